The minimum atomic E-state index is 0.705. The van der Waals surface area contributed by atoms with E-state index in [0.29, 0.717) is 5.69 Å². The smallest absolute Gasteiger partial charge is 0.0951 e. The van der Waals surface area contributed by atoms with Gasteiger partial charge in [-0.1, -0.05) is 6.07 Å². The molecule has 2 aromatic heterocycles. The molecule has 0 spiro atoms. The molecular formula is C17H18N4. The van der Waals surface area contributed by atoms with Crippen LogP contribution < -0.4 is 10.6 Å². The van der Waals surface area contributed by atoms with Crippen LogP contribution in [0.3, 0.4) is 0 Å². The first-order valence-electron chi connectivity index (χ1n) is 6.92. The van der Waals surface area contributed by atoms with E-state index in [9.17, 15) is 0 Å². The van der Waals surface area contributed by atoms with Gasteiger partial charge >= 0.3 is 0 Å². The predicted molar refractivity (Wildman–Crippen MR) is 87.2 cm³/mol. The third-order valence-corrected chi connectivity index (χ3v) is 3.53. The molecule has 1 aromatic carbocycles. The maximum atomic E-state index is 6.00. The average molecular weight is 278 g/mol. The Labute approximate surface area is 124 Å². The van der Waals surface area contributed by atoms with Gasteiger partial charge < -0.3 is 10.6 Å². The van der Waals surface area contributed by atoms with Gasteiger partial charge in [0.2, 0.25) is 0 Å². The van der Waals surface area contributed by atoms with Crippen molar-refractivity contribution in [2.24, 2.45) is 0 Å². The number of hydrogen-bond donors (Lipinski definition) is 1. The number of aryl methyl sites for hydroxylation is 1. The highest BCUT2D eigenvalue weighted by Gasteiger charge is 2.09. The molecule has 0 aliphatic carbocycles. The summed E-state index contributed by atoms with van der Waals surface area (Å²) in [4.78, 5) is 11.1. The first kappa shape index (κ1) is 13.4. The lowest BCUT2D eigenvalue weighted by atomic mass is 10.1. The van der Waals surface area contributed by atoms with Crippen molar-refractivity contribution < 1.29 is 0 Å². The standard InChI is InChI=1S/C17H18N4/c1-12-5-3-6-13(20-12)11-21(2)16-9-8-15(18)17-14(16)7-4-10-19-17/h3-10H,11,18H2,1-2H3. The van der Waals surface area contributed by atoms with Gasteiger partial charge in [-0.05, 0) is 43.3 Å². The second-order valence-corrected chi connectivity index (χ2v) is 5.20. The molecule has 2 N–H and O–H groups in total. The number of aromatic nitrogens is 2. The Morgan fingerprint density at radius 2 is 1.95 bits per heavy atom. The molecule has 0 bridgehead atoms. The molecule has 21 heavy (non-hydrogen) atoms. The van der Waals surface area contributed by atoms with E-state index in [4.69, 9.17) is 5.73 Å². The summed E-state index contributed by atoms with van der Waals surface area (Å²) in [6, 6.07) is 14.0. The Kier molecular flexibility index (Phi) is 3.44. The maximum Gasteiger partial charge on any atom is 0.0951 e. The summed E-state index contributed by atoms with van der Waals surface area (Å²) in [5.41, 5.74) is 10.7. The molecule has 3 rings (SSSR count). The molecule has 0 atom stereocenters. The zero-order valence-electron chi connectivity index (χ0n) is 12.2. The van der Waals surface area contributed by atoms with Crippen molar-refractivity contribution in [1.82, 2.24) is 9.97 Å². The number of nitrogens with two attached hydrogens (primary N) is 1. The zero-order valence-corrected chi connectivity index (χ0v) is 12.2. The van der Waals surface area contributed by atoms with E-state index in [2.05, 4.69) is 21.9 Å². The van der Waals surface area contributed by atoms with Crippen LogP contribution in [0, 0.1) is 6.92 Å². The molecule has 3 aromatic rings. The second-order valence-electron chi connectivity index (χ2n) is 5.20. The highest BCUT2D eigenvalue weighted by atomic mass is 15.1. The molecule has 0 saturated carbocycles. The van der Waals surface area contributed by atoms with E-state index >= 15 is 0 Å². The first-order chi connectivity index (χ1) is 10.1. The number of hydrogen-bond acceptors (Lipinski definition) is 4. The lowest BCUT2D eigenvalue weighted by Gasteiger charge is -2.21. The number of fused-ring (bicyclic) bond motifs is 1. The predicted octanol–water partition coefficient (Wildman–Crippen LogP) is 3.16. The zero-order chi connectivity index (χ0) is 14.8. The largest absolute Gasteiger partial charge is 0.397 e. The molecule has 2 heterocycles. The van der Waals surface area contributed by atoms with Gasteiger partial charge in [0, 0.05) is 30.0 Å². The van der Waals surface area contributed by atoms with E-state index in [1.54, 1.807) is 6.20 Å². The number of rotatable bonds is 3. The Morgan fingerprint density at radius 1 is 1.10 bits per heavy atom. The third-order valence-electron chi connectivity index (χ3n) is 3.53. The van der Waals surface area contributed by atoms with Gasteiger partial charge in [0.25, 0.3) is 0 Å². The molecule has 0 fully saturated rings. The normalized spacial score (nSPS) is 10.8. The van der Waals surface area contributed by atoms with Gasteiger partial charge in [-0.25, -0.2) is 0 Å². The van der Waals surface area contributed by atoms with Gasteiger partial charge in [0.15, 0.2) is 0 Å². The molecule has 0 saturated heterocycles. The molecule has 4 nitrogen and oxygen atoms in total. The van der Waals surface area contributed by atoms with Gasteiger partial charge in [0.05, 0.1) is 23.4 Å². The average Bonchev–Trinajstić information content (AvgIpc) is 2.48. The molecule has 0 unspecified atom stereocenters. The van der Waals surface area contributed by atoms with Crippen molar-refractivity contribution >= 4 is 22.3 Å². The summed E-state index contributed by atoms with van der Waals surface area (Å²) in [6.07, 6.45) is 1.77. The monoisotopic (exact) mass is 278 g/mol. The van der Waals surface area contributed by atoms with Crippen LogP contribution in [-0.4, -0.2) is 17.0 Å². The minimum absolute atomic E-state index is 0.705. The lowest BCUT2D eigenvalue weighted by molar-refractivity contribution is 0.880. The van der Waals surface area contributed by atoms with Crippen molar-refractivity contribution in [3.63, 3.8) is 0 Å². The van der Waals surface area contributed by atoms with Crippen molar-refractivity contribution in [2.45, 2.75) is 13.5 Å². The number of benzene rings is 1. The van der Waals surface area contributed by atoms with Gasteiger partial charge in [-0.15, -0.1) is 0 Å². The van der Waals surface area contributed by atoms with Gasteiger partial charge in [-0.3, -0.25) is 9.97 Å². The van der Waals surface area contributed by atoms with Crippen LogP contribution in [-0.2, 0) is 6.54 Å². The summed E-state index contributed by atoms with van der Waals surface area (Å²) in [5.74, 6) is 0. The van der Waals surface area contributed by atoms with Crippen molar-refractivity contribution in [3.05, 3.63) is 60.0 Å². The summed E-state index contributed by atoms with van der Waals surface area (Å²) < 4.78 is 0. The van der Waals surface area contributed by atoms with Gasteiger partial charge in [-0.2, -0.15) is 0 Å². The fourth-order valence-electron chi connectivity index (χ4n) is 2.53. The molecule has 4 heteroatoms. The number of nitrogens with zero attached hydrogens (tertiary/aromatic N) is 3. The minimum Gasteiger partial charge on any atom is -0.397 e. The fraction of sp³-hybridized carbons (Fsp3) is 0.176. The molecule has 0 amide bonds. The van der Waals surface area contributed by atoms with E-state index < -0.39 is 0 Å². The fourth-order valence-corrected chi connectivity index (χ4v) is 2.53. The number of anilines is 2. The van der Waals surface area contributed by atoms with Crippen molar-refractivity contribution in [2.75, 3.05) is 17.7 Å². The number of nitrogen functional groups attached to an aromatic ring is 1. The highest BCUT2D eigenvalue weighted by Crippen LogP contribution is 2.29. The Bertz CT molecular complexity index is 783. The molecule has 0 aliphatic heterocycles. The summed E-state index contributed by atoms with van der Waals surface area (Å²) in [5, 5.41) is 1.06. The van der Waals surface area contributed by atoms with E-state index in [1.165, 1.54) is 0 Å². The van der Waals surface area contributed by atoms with Crippen molar-refractivity contribution in [3.8, 4) is 0 Å². The quantitative estimate of drug-likeness (QED) is 0.748. The molecular weight excluding hydrogens is 260 g/mol. The first-order valence-corrected chi connectivity index (χ1v) is 6.92. The van der Waals surface area contributed by atoms with Crippen LogP contribution >= 0.6 is 0 Å². The van der Waals surface area contributed by atoms with E-state index in [-0.39, 0.29) is 0 Å². The Morgan fingerprint density at radius 3 is 2.76 bits per heavy atom. The lowest BCUT2D eigenvalue weighted by Crippen LogP contribution is -2.18. The van der Waals surface area contributed by atoms with Crippen LogP contribution in [0.1, 0.15) is 11.4 Å². The van der Waals surface area contributed by atoms with E-state index in [1.807, 2.05) is 49.4 Å². The van der Waals surface area contributed by atoms with E-state index in [0.717, 1.165) is 34.5 Å². The third kappa shape index (κ3) is 2.65. The van der Waals surface area contributed by atoms with Crippen molar-refractivity contribution in [1.29, 1.82) is 0 Å². The highest BCUT2D eigenvalue weighted by molar-refractivity contribution is 5.98. The summed E-state index contributed by atoms with van der Waals surface area (Å²) in [7, 11) is 2.06. The topological polar surface area (TPSA) is 55.0 Å². The SMILES string of the molecule is Cc1cccc(CN(C)c2ccc(N)c3ncccc23)n1. The summed E-state index contributed by atoms with van der Waals surface area (Å²) in [6.45, 7) is 2.75. The molecule has 0 aliphatic rings. The Hall–Kier alpha value is -2.62. The molecule has 0 radical (unpaired) electrons. The maximum absolute atomic E-state index is 6.00. The summed E-state index contributed by atoms with van der Waals surface area (Å²) >= 11 is 0. The van der Waals surface area contributed by atoms with Crippen LogP contribution in [0.15, 0.2) is 48.7 Å². The van der Waals surface area contributed by atoms with Crippen LogP contribution in [0.4, 0.5) is 11.4 Å². The second kappa shape index (κ2) is 5.40. The van der Waals surface area contributed by atoms with Crippen LogP contribution in [0.5, 0.6) is 0 Å². The van der Waals surface area contributed by atoms with Crippen LogP contribution in [0.25, 0.3) is 10.9 Å². The number of pyridine rings is 2. The Balaban J connectivity index is 1.98. The van der Waals surface area contributed by atoms with Crippen LogP contribution in [0.2, 0.25) is 0 Å². The molecule has 106 valence electrons. The van der Waals surface area contributed by atoms with Gasteiger partial charge in [0.1, 0.15) is 0 Å².